The monoisotopic (exact) mass is 436 g/mol. The molecule has 1 amide bonds. The fourth-order valence-electron chi connectivity index (χ4n) is 4.27. The molecule has 0 fully saturated rings. The Bertz CT molecular complexity index is 1340. The molecule has 5 nitrogen and oxygen atoms in total. The Morgan fingerprint density at radius 1 is 0.969 bits per heavy atom. The van der Waals surface area contributed by atoms with Gasteiger partial charge in [-0.15, -0.1) is 0 Å². The van der Waals surface area contributed by atoms with Gasteiger partial charge in [-0.1, -0.05) is 36.4 Å². The number of rotatable bonds is 3. The lowest BCUT2D eigenvalue weighted by Gasteiger charge is -2.29. The number of hydrogen-bond donors (Lipinski definition) is 0. The summed E-state index contributed by atoms with van der Waals surface area (Å²) in [6, 6.07) is 16.5. The number of aryl methyl sites for hydroxylation is 1. The molecule has 8 heteroatoms. The summed E-state index contributed by atoms with van der Waals surface area (Å²) < 4.78 is 41.7. The highest BCUT2D eigenvalue weighted by molar-refractivity contribution is 5.99. The van der Waals surface area contributed by atoms with E-state index in [1.807, 2.05) is 36.4 Å². The molecule has 5 rings (SSSR count). The lowest BCUT2D eigenvalue weighted by molar-refractivity contribution is -0.140. The average molecular weight is 436 g/mol. The zero-order valence-electron chi connectivity index (χ0n) is 17.2. The molecule has 0 radical (unpaired) electrons. The van der Waals surface area contributed by atoms with Gasteiger partial charge in [-0.2, -0.15) is 18.3 Å². The van der Waals surface area contributed by atoms with Crippen LogP contribution in [-0.4, -0.2) is 32.1 Å². The van der Waals surface area contributed by atoms with Crippen LogP contribution in [0.25, 0.3) is 22.0 Å². The maximum atomic E-state index is 13.5. The van der Waals surface area contributed by atoms with E-state index in [1.54, 1.807) is 23.1 Å². The Morgan fingerprint density at radius 3 is 2.56 bits per heavy atom. The maximum absolute atomic E-state index is 13.5. The smallest absolute Gasteiger partial charge is 0.332 e. The first-order valence-corrected chi connectivity index (χ1v) is 10.2. The summed E-state index contributed by atoms with van der Waals surface area (Å²) in [6.45, 7) is 0.743. The summed E-state index contributed by atoms with van der Waals surface area (Å²) in [5, 5.41) is 4.63. The molecule has 0 N–H and O–H groups in total. The van der Waals surface area contributed by atoms with E-state index in [0.29, 0.717) is 36.2 Å². The second kappa shape index (κ2) is 7.47. The number of benzene rings is 2. The number of hydrogen-bond acceptors (Lipinski definition) is 3. The van der Waals surface area contributed by atoms with Crippen molar-refractivity contribution in [3.63, 3.8) is 0 Å². The molecule has 0 aliphatic carbocycles. The molecular formula is C24H19F3N4O. The summed E-state index contributed by atoms with van der Waals surface area (Å²) in [5.41, 5.74) is 2.12. The van der Waals surface area contributed by atoms with Gasteiger partial charge in [0.2, 0.25) is 0 Å². The number of aromatic nitrogens is 3. The van der Waals surface area contributed by atoms with Crippen LogP contribution in [0, 0.1) is 0 Å². The zero-order chi connectivity index (χ0) is 22.5. The van der Waals surface area contributed by atoms with Gasteiger partial charge in [-0.3, -0.25) is 14.5 Å². The molecule has 2 aromatic carbocycles. The molecule has 1 aliphatic rings. The van der Waals surface area contributed by atoms with E-state index >= 15 is 0 Å². The number of halogens is 3. The molecule has 2 aromatic heterocycles. The van der Waals surface area contributed by atoms with Crippen molar-refractivity contribution in [3.05, 3.63) is 83.3 Å². The van der Waals surface area contributed by atoms with Crippen LogP contribution in [-0.2, 0) is 26.2 Å². The minimum Gasteiger partial charge on any atom is -0.332 e. The van der Waals surface area contributed by atoms with Crippen LogP contribution < -0.4 is 0 Å². The molecule has 0 saturated carbocycles. The van der Waals surface area contributed by atoms with Crippen molar-refractivity contribution < 1.29 is 18.0 Å². The number of para-hydroxylation sites is 1. The topological polar surface area (TPSA) is 51.0 Å². The van der Waals surface area contributed by atoms with Gasteiger partial charge in [0.05, 0.1) is 17.8 Å². The van der Waals surface area contributed by atoms with Crippen molar-refractivity contribution in [1.29, 1.82) is 0 Å². The second-order valence-electron chi connectivity index (χ2n) is 7.87. The van der Waals surface area contributed by atoms with Gasteiger partial charge in [-0.25, -0.2) is 0 Å². The highest BCUT2D eigenvalue weighted by Gasteiger charge is 2.38. The predicted molar refractivity (Wildman–Crippen MR) is 114 cm³/mol. The highest BCUT2D eigenvalue weighted by Crippen LogP contribution is 2.39. The van der Waals surface area contributed by atoms with Crippen molar-refractivity contribution >= 4 is 16.8 Å². The standard InChI is InChI=1S/C24H19F3N4O/c1-30-14-20(22(29-30)24(25,26)27)17-6-4-7-19-18(17)11-12-31(23(19)32)13-16-10-9-15-5-2-3-8-21(15)28-16/h2-10,14H,11-13H2,1H3. The summed E-state index contributed by atoms with van der Waals surface area (Å²) in [4.78, 5) is 19.5. The largest absolute Gasteiger partial charge is 0.435 e. The van der Waals surface area contributed by atoms with Crippen molar-refractivity contribution in [2.24, 2.45) is 7.05 Å². The first-order chi connectivity index (χ1) is 15.3. The minimum atomic E-state index is -4.58. The molecule has 0 atom stereocenters. The van der Waals surface area contributed by atoms with Gasteiger partial charge in [0.25, 0.3) is 5.91 Å². The third kappa shape index (κ3) is 3.51. The number of fused-ring (bicyclic) bond motifs is 2. The predicted octanol–water partition coefficient (Wildman–Crippen LogP) is 4.85. The van der Waals surface area contributed by atoms with Gasteiger partial charge >= 0.3 is 6.18 Å². The van der Waals surface area contributed by atoms with Crippen LogP contribution in [0.3, 0.4) is 0 Å². The SMILES string of the molecule is Cn1cc(-c2cccc3c2CCN(Cc2ccc4ccccc4n2)C3=O)c(C(F)(F)F)n1. The van der Waals surface area contributed by atoms with Gasteiger partial charge in [0.15, 0.2) is 5.69 Å². The van der Waals surface area contributed by atoms with Gasteiger partial charge in [-0.05, 0) is 35.7 Å². The Balaban J connectivity index is 1.48. The quantitative estimate of drug-likeness (QED) is 0.461. The van der Waals surface area contributed by atoms with E-state index in [4.69, 9.17) is 0 Å². The van der Waals surface area contributed by atoms with E-state index in [0.717, 1.165) is 21.3 Å². The normalized spacial score (nSPS) is 14.1. The number of nitrogens with zero attached hydrogens (tertiary/aromatic N) is 4. The van der Waals surface area contributed by atoms with E-state index in [-0.39, 0.29) is 11.5 Å². The number of alkyl halides is 3. The molecule has 1 aliphatic heterocycles. The number of carbonyl (C=O) groups is 1. The van der Waals surface area contributed by atoms with Crippen LogP contribution in [0.1, 0.15) is 27.3 Å². The van der Waals surface area contributed by atoms with Crippen molar-refractivity contribution in [2.45, 2.75) is 19.1 Å². The van der Waals surface area contributed by atoms with Crippen LogP contribution in [0.15, 0.2) is 60.8 Å². The molecular weight excluding hydrogens is 417 g/mol. The Hall–Kier alpha value is -3.68. The Morgan fingerprint density at radius 2 is 1.75 bits per heavy atom. The van der Waals surface area contributed by atoms with E-state index in [2.05, 4.69) is 10.1 Å². The van der Waals surface area contributed by atoms with Crippen LogP contribution in [0.2, 0.25) is 0 Å². The third-order valence-electron chi connectivity index (χ3n) is 5.72. The van der Waals surface area contributed by atoms with E-state index < -0.39 is 11.9 Å². The third-order valence-corrected chi connectivity index (χ3v) is 5.72. The number of amides is 1. The fraction of sp³-hybridized carbons (Fsp3) is 0.208. The molecule has 3 heterocycles. The lowest BCUT2D eigenvalue weighted by atomic mass is 9.90. The molecule has 0 bridgehead atoms. The summed E-state index contributed by atoms with van der Waals surface area (Å²) in [6.07, 6.45) is -2.77. The maximum Gasteiger partial charge on any atom is 0.435 e. The number of carbonyl (C=O) groups excluding carboxylic acids is 1. The fourth-order valence-corrected chi connectivity index (χ4v) is 4.27. The summed E-state index contributed by atoms with van der Waals surface area (Å²) in [5.74, 6) is -0.208. The van der Waals surface area contributed by atoms with Crippen molar-refractivity contribution in [2.75, 3.05) is 6.54 Å². The molecule has 0 spiro atoms. The van der Waals surface area contributed by atoms with Gasteiger partial charge < -0.3 is 4.90 Å². The first-order valence-electron chi connectivity index (χ1n) is 10.2. The second-order valence-corrected chi connectivity index (χ2v) is 7.87. The van der Waals surface area contributed by atoms with Gasteiger partial charge in [0.1, 0.15) is 0 Å². The zero-order valence-corrected chi connectivity index (χ0v) is 17.2. The Labute approximate surface area is 182 Å². The highest BCUT2D eigenvalue weighted by atomic mass is 19.4. The molecule has 32 heavy (non-hydrogen) atoms. The summed E-state index contributed by atoms with van der Waals surface area (Å²) >= 11 is 0. The van der Waals surface area contributed by atoms with Crippen LogP contribution in [0.5, 0.6) is 0 Å². The van der Waals surface area contributed by atoms with Crippen LogP contribution in [0.4, 0.5) is 13.2 Å². The van der Waals surface area contributed by atoms with E-state index in [1.165, 1.54) is 13.2 Å². The summed E-state index contributed by atoms with van der Waals surface area (Å²) in [7, 11) is 1.46. The number of pyridine rings is 1. The van der Waals surface area contributed by atoms with Gasteiger partial charge in [0, 0.05) is 36.3 Å². The van der Waals surface area contributed by atoms with Crippen molar-refractivity contribution in [1.82, 2.24) is 19.7 Å². The molecule has 0 saturated heterocycles. The van der Waals surface area contributed by atoms with E-state index in [9.17, 15) is 18.0 Å². The average Bonchev–Trinajstić information content (AvgIpc) is 3.17. The molecule has 162 valence electrons. The lowest BCUT2D eigenvalue weighted by Crippen LogP contribution is -2.37. The first kappa shape index (κ1) is 20.2. The molecule has 4 aromatic rings. The minimum absolute atomic E-state index is 0.00528. The molecule has 0 unspecified atom stereocenters. The Kier molecular flexibility index (Phi) is 4.73. The van der Waals surface area contributed by atoms with Crippen molar-refractivity contribution in [3.8, 4) is 11.1 Å². The van der Waals surface area contributed by atoms with Crippen LogP contribution >= 0.6 is 0 Å².